The molecular weight excluding hydrogens is 206 g/mol. The Bertz CT molecular complexity index is 318. The van der Waals surface area contributed by atoms with Gasteiger partial charge in [-0.2, -0.15) is 0 Å². The average Bonchev–Trinajstić information content (AvgIpc) is 2.15. The quantitative estimate of drug-likeness (QED) is 0.693. The van der Waals surface area contributed by atoms with Gasteiger partial charge in [-0.05, 0) is 20.8 Å². The number of rotatable bonds is 1. The van der Waals surface area contributed by atoms with Crippen molar-refractivity contribution in [2.45, 2.75) is 39.3 Å². The van der Waals surface area contributed by atoms with Gasteiger partial charge in [-0.1, -0.05) is 0 Å². The molecule has 0 aliphatic carbocycles. The number of hydrogen-bond donors (Lipinski definition) is 1. The summed E-state index contributed by atoms with van der Waals surface area (Å²) in [4.78, 5) is 28.9. The summed E-state index contributed by atoms with van der Waals surface area (Å²) in [6.45, 7) is 8.26. The number of hydrogen-bond acceptors (Lipinski definition) is 3. The normalized spacial score (nSPS) is 20.8. The zero-order valence-corrected chi connectivity index (χ0v) is 10.3. The molecule has 0 aromatic carbocycles. The second-order valence-corrected chi connectivity index (χ2v) is 4.95. The number of aliphatic imine (C=N–C) groups is 1. The van der Waals surface area contributed by atoms with E-state index in [9.17, 15) is 9.59 Å². The molecule has 0 bridgehead atoms. The number of nitrogens with zero attached hydrogens (tertiary/aromatic N) is 2. The van der Waals surface area contributed by atoms with Gasteiger partial charge in [-0.25, -0.2) is 0 Å². The van der Waals surface area contributed by atoms with Crippen LogP contribution in [0.25, 0.3) is 0 Å². The minimum atomic E-state index is -0.564. The van der Waals surface area contributed by atoms with E-state index in [0.29, 0.717) is 13.1 Å². The van der Waals surface area contributed by atoms with Gasteiger partial charge in [0.15, 0.2) is 0 Å². The van der Waals surface area contributed by atoms with Crippen molar-refractivity contribution in [1.29, 1.82) is 0 Å². The van der Waals surface area contributed by atoms with Crippen LogP contribution in [0.4, 0.5) is 0 Å². The lowest BCUT2D eigenvalue weighted by Gasteiger charge is -2.32. The molecule has 1 N–H and O–H groups in total. The summed E-state index contributed by atoms with van der Waals surface area (Å²) >= 11 is 0. The molecule has 1 atom stereocenters. The standard InChI is InChI=1S/C11H19N3O2/c1-8(15)14-6-5-12-7-9(14)10(16)13-11(2,3)4/h7,9H,5-6H2,1-4H3,(H,13,16). The monoisotopic (exact) mass is 225 g/mol. The molecule has 90 valence electrons. The van der Waals surface area contributed by atoms with Crippen LogP contribution in [0.15, 0.2) is 4.99 Å². The second kappa shape index (κ2) is 4.63. The van der Waals surface area contributed by atoms with Gasteiger partial charge in [0.1, 0.15) is 6.04 Å². The Kier molecular flexibility index (Phi) is 3.67. The first-order chi connectivity index (χ1) is 7.31. The summed E-state index contributed by atoms with van der Waals surface area (Å²) in [5.74, 6) is -0.272. The molecular formula is C11H19N3O2. The lowest BCUT2D eigenvalue weighted by Crippen LogP contribution is -2.56. The summed E-state index contributed by atoms with van der Waals surface area (Å²) in [6, 6.07) is -0.564. The summed E-state index contributed by atoms with van der Waals surface area (Å²) < 4.78 is 0. The van der Waals surface area contributed by atoms with E-state index in [1.165, 1.54) is 11.8 Å². The van der Waals surface area contributed by atoms with Crippen LogP contribution in [0.1, 0.15) is 27.7 Å². The first-order valence-corrected chi connectivity index (χ1v) is 5.40. The van der Waals surface area contributed by atoms with Crippen molar-refractivity contribution in [3.05, 3.63) is 0 Å². The Hall–Kier alpha value is -1.39. The van der Waals surface area contributed by atoms with E-state index < -0.39 is 6.04 Å². The number of nitrogens with one attached hydrogen (secondary N) is 1. The van der Waals surface area contributed by atoms with Gasteiger partial charge in [-0.3, -0.25) is 14.6 Å². The first kappa shape index (κ1) is 12.7. The van der Waals surface area contributed by atoms with Crippen molar-refractivity contribution in [3.63, 3.8) is 0 Å². The number of carbonyl (C=O) groups excluding carboxylic acids is 2. The maximum atomic E-state index is 11.9. The van der Waals surface area contributed by atoms with Crippen molar-refractivity contribution in [1.82, 2.24) is 10.2 Å². The van der Waals surface area contributed by atoms with Crippen molar-refractivity contribution in [2.75, 3.05) is 13.1 Å². The first-order valence-electron chi connectivity index (χ1n) is 5.40. The maximum Gasteiger partial charge on any atom is 0.248 e. The van der Waals surface area contributed by atoms with Crippen LogP contribution in [0, 0.1) is 0 Å². The zero-order chi connectivity index (χ0) is 12.3. The summed E-state index contributed by atoms with van der Waals surface area (Å²) in [7, 11) is 0. The lowest BCUT2D eigenvalue weighted by molar-refractivity contribution is -0.137. The molecule has 0 saturated carbocycles. The summed E-state index contributed by atoms with van der Waals surface area (Å²) in [5.41, 5.74) is -0.301. The Labute approximate surface area is 95.9 Å². The zero-order valence-electron chi connectivity index (χ0n) is 10.3. The highest BCUT2D eigenvalue weighted by Crippen LogP contribution is 2.06. The smallest absolute Gasteiger partial charge is 0.248 e. The Balaban J connectivity index is 2.76. The average molecular weight is 225 g/mol. The van der Waals surface area contributed by atoms with Crippen LogP contribution in [0.3, 0.4) is 0 Å². The molecule has 5 heteroatoms. The molecule has 0 saturated heterocycles. The van der Waals surface area contributed by atoms with E-state index >= 15 is 0 Å². The number of carbonyl (C=O) groups is 2. The van der Waals surface area contributed by atoms with E-state index in [1.807, 2.05) is 20.8 Å². The van der Waals surface area contributed by atoms with Crippen LogP contribution in [-0.4, -0.2) is 47.6 Å². The Morgan fingerprint density at radius 3 is 2.56 bits per heavy atom. The molecule has 1 heterocycles. The van der Waals surface area contributed by atoms with Crippen molar-refractivity contribution in [3.8, 4) is 0 Å². The Morgan fingerprint density at radius 1 is 1.44 bits per heavy atom. The van der Waals surface area contributed by atoms with Crippen LogP contribution in [-0.2, 0) is 9.59 Å². The highest BCUT2D eigenvalue weighted by molar-refractivity contribution is 6.01. The molecule has 0 spiro atoms. The lowest BCUT2D eigenvalue weighted by atomic mass is 10.1. The summed E-state index contributed by atoms with van der Waals surface area (Å²) in [6.07, 6.45) is 1.55. The molecule has 0 radical (unpaired) electrons. The van der Waals surface area contributed by atoms with E-state index in [1.54, 1.807) is 6.21 Å². The molecule has 0 aromatic rings. The van der Waals surface area contributed by atoms with Crippen LogP contribution >= 0.6 is 0 Å². The molecule has 1 unspecified atom stereocenters. The van der Waals surface area contributed by atoms with E-state index in [4.69, 9.17) is 0 Å². The largest absolute Gasteiger partial charge is 0.349 e. The van der Waals surface area contributed by atoms with Crippen molar-refractivity contribution in [2.24, 2.45) is 4.99 Å². The SMILES string of the molecule is CC(=O)N1CCN=CC1C(=O)NC(C)(C)C. The highest BCUT2D eigenvalue weighted by atomic mass is 16.2. The third kappa shape index (κ3) is 3.32. The fraction of sp³-hybridized carbons (Fsp3) is 0.727. The van der Waals surface area contributed by atoms with Crippen molar-refractivity contribution < 1.29 is 9.59 Å². The Morgan fingerprint density at radius 2 is 2.06 bits per heavy atom. The van der Waals surface area contributed by atoms with Gasteiger partial charge in [-0.15, -0.1) is 0 Å². The van der Waals surface area contributed by atoms with Crippen LogP contribution in [0.5, 0.6) is 0 Å². The van der Waals surface area contributed by atoms with Crippen LogP contribution < -0.4 is 5.32 Å². The third-order valence-electron chi connectivity index (χ3n) is 2.22. The molecule has 1 aliphatic rings. The topological polar surface area (TPSA) is 61.8 Å². The second-order valence-electron chi connectivity index (χ2n) is 4.95. The van der Waals surface area contributed by atoms with Gasteiger partial charge in [0.05, 0.1) is 6.54 Å². The molecule has 0 fully saturated rings. The molecule has 0 aromatic heterocycles. The van der Waals surface area contributed by atoms with Gasteiger partial charge in [0.25, 0.3) is 0 Å². The fourth-order valence-corrected chi connectivity index (χ4v) is 1.57. The minimum Gasteiger partial charge on any atom is -0.349 e. The van der Waals surface area contributed by atoms with Gasteiger partial charge >= 0.3 is 0 Å². The predicted octanol–water partition coefficient (Wildman–Crippen LogP) is 0.203. The van der Waals surface area contributed by atoms with E-state index in [0.717, 1.165) is 0 Å². The van der Waals surface area contributed by atoms with Gasteiger partial charge in [0, 0.05) is 25.2 Å². The number of amides is 2. The fourth-order valence-electron chi connectivity index (χ4n) is 1.57. The van der Waals surface area contributed by atoms with Crippen LogP contribution in [0.2, 0.25) is 0 Å². The molecule has 1 aliphatic heterocycles. The minimum absolute atomic E-state index is 0.0970. The highest BCUT2D eigenvalue weighted by Gasteiger charge is 2.30. The van der Waals surface area contributed by atoms with Gasteiger partial charge in [0.2, 0.25) is 11.8 Å². The molecule has 16 heavy (non-hydrogen) atoms. The summed E-state index contributed by atoms with van der Waals surface area (Å²) in [5, 5.41) is 2.85. The molecule has 2 amide bonds. The van der Waals surface area contributed by atoms with Gasteiger partial charge < -0.3 is 10.2 Å². The van der Waals surface area contributed by atoms with Crippen molar-refractivity contribution >= 4 is 18.0 Å². The molecule has 5 nitrogen and oxygen atoms in total. The maximum absolute atomic E-state index is 11.9. The third-order valence-corrected chi connectivity index (χ3v) is 2.22. The molecule has 1 rings (SSSR count). The van der Waals surface area contributed by atoms with E-state index in [2.05, 4.69) is 10.3 Å². The van der Waals surface area contributed by atoms with E-state index in [-0.39, 0.29) is 17.4 Å². The predicted molar refractivity (Wildman–Crippen MR) is 62.4 cm³/mol.